The van der Waals surface area contributed by atoms with Crippen LogP contribution >= 0.6 is 15.9 Å². The van der Waals surface area contributed by atoms with E-state index in [0.717, 1.165) is 15.8 Å². The first-order valence-electron chi connectivity index (χ1n) is 6.07. The summed E-state index contributed by atoms with van der Waals surface area (Å²) in [6, 6.07) is 14.3. The lowest BCUT2D eigenvalue weighted by atomic mass is 10.2. The van der Waals surface area contributed by atoms with Gasteiger partial charge in [-0.05, 0) is 42.0 Å². The molecule has 0 aliphatic heterocycles. The summed E-state index contributed by atoms with van der Waals surface area (Å²) in [7, 11) is 0. The highest BCUT2D eigenvalue weighted by molar-refractivity contribution is 9.10. The van der Waals surface area contributed by atoms with E-state index in [9.17, 15) is 4.39 Å². The number of hydrogen-bond acceptors (Lipinski definition) is 2. The zero-order valence-electron chi connectivity index (χ0n) is 10.4. The number of halogens is 2. The van der Waals surface area contributed by atoms with Crippen LogP contribution in [0, 0.1) is 5.82 Å². The van der Waals surface area contributed by atoms with Gasteiger partial charge in [-0.3, -0.25) is 0 Å². The predicted octanol–water partition coefficient (Wildman–Crippen LogP) is 3.76. The molecule has 0 aromatic heterocycles. The van der Waals surface area contributed by atoms with Crippen LogP contribution in [0.5, 0.6) is 5.75 Å². The van der Waals surface area contributed by atoms with E-state index in [1.165, 1.54) is 12.1 Å². The first kappa shape index (κ1) is 14.0. The van der Waals surface area contributed by atoms with Crippen molar-refractivity contribution in [3.05, 3.63) is 64.4 Å². The lowest BCUT2D eigenvalue weighted by Crippen LogP contribution is -2.20. The Kier molecular flexibility index (Phi) is 5.36. The zero-order valence-corrected chi connectivity index (χ0v) is 12.0. The molecule has 0 radical (unpaired) electrons. The van der Waals surface area contributed by atoms with E-state index in [2.05, 4.69) is 21.2 Å². The molecule has 2 nitrogen and oxygen atoms in total. The van der Waals surface area contributed by atoms with E-state index < -0.39 is 0 Å². The van der Waals surface area contributed by atoms with Crippen LogP contribution in [0.15, 0.2) is 53.0 Å². The fraction of sp³-hybridized carbons (Fsp3) is 0.200. The number of benzene rings is 2. The van der Waals surface area contributed by atoms with Crippen LogP contribution in [-0.4, -0.2) is 13.2 Å². The third-order valence-electron chi connectivity index (χ3n) is 2.58. The van der Waals surface area contributed by atoms with Crippen molar-refractivity contribution in [2.75, 3.05) is 13.2 Å². The summed E-state index contributed by atoms with van der Waals surface area (Å²) in [5.74, 6) is 0.640. The summed E-state index contributed by atoms with van der Waals surface area (Å²) in [5, 5.41) is 3.21. The second kappa shape index (κ2) is 7.26. The van der Waals surface area contributed by atoms with Crippen molar-refractivity contribution in [2.24, 2.45) is 0 Å². The number of hydrogen-bond donors (Lipinski definition) is 1. The first-order chi connectivity index (χ1) is 9.24. The Hall–Kier alpha value is -1.39. The van der Waals surface area contributed by atoms with Gasteiger partial charge in [-0.15, -0.1) is 0 Å². The lowest BCUT2D eigenvalue weighted by molar-refractivity contribution is 0.313. The molecule has 0 amide bonds. The molecule has 4 heteroatoms. The minimum Gasteiger partial charge on any atom is -0.492 e. The van der Waals surface area contributed by atoms with E-state index in [4.69, 9.17) is 4.74 Å². The van der Waals surface area contributed by atoms with Crippen molar-refractivity contribution in [3.8, 4) is 5.75 Å². The number of nitrogens with one attached hydrogen (secondary N) is 1. The molecule has 1 N–H and O–H groups in total. The van der Waals surface area contributed by atoms with Crippen LogP contribution in [0.2, 0.25) is 0 Å². The molecule has 2 rings (SSSR count). The summed E-state index contributed by atoms with van der Waals surface area (Å²) in [6.07, 6.45) is 0. The van der Waals surface area contributed by atoms with Crippen LogP contribution in [0.25, 0.3) is 0 Å². The van der Waals surface area contributed by atoms with E-state index in [-0.39, 0.29) is 5.82 Å². The van der Waals surface area contributed by atoms with Crippen LogP contribution < -0.4 is 10.1 Å². The molecule has 0 atom stereocenters. The maximum Gasteiger partial charge on any atom is 0.123 e. The van der Waals surface area contributed by atoms with Crippen molar-refractivity contribution in [1.82, 2.24) is 5.32 Å². The predicted molar refractivity (Wildman–Crippen MR) is 77.7 cm³/mol. The highest BCUT2D eigenvalue weighted by atomic mass is 79.9. The second-order valence-electron chi connectivity index (χ2n) is 4.11. The lowest BCUT2D eigenvalue weighted by Gasteiger charge is -2.07. The Morgan fingerprint density at radius 1 is 1.11 bits per heavy atom. The van der Waals surface area contributed by atoms with Gasteiger partial charge in [-0.2, -0.15) is 0 Å². The summed E-state index contributed by atoms with van der Waals surface area (Å²) >= 11 is 3.37. The average molecular weight is 324 g/mol. The van der Waals surface area contributed by atoms with Gasteiger partial charge in [0.15, 0.2) is 0 Å². The Labute approximate surface area is 120 Å². The largest absolute Gasteiger partial charge is 0.492 e. The molecular formula is C15H15BrFNO. The van der Waals surface area contributed by atoms with E-state index in [0.29, 0.717) is 19.7 Å². The highest BCUT2D eigenvalue weighted by Crippen LogP contribution is 2.15. The van der Waals surface area contributed by atoms with Gasteiger partial charge in [0.2, 0.25) is 0 Å². The average Bonchev–Trinajstić information content (AvgIpc) is 2.41. The third kappa shape index (κ3) is 5.01. The van der Waals surface area contributed by atoms with Crippen molar-refractivity contribution < 1.29 is 9.13 Å². The molecule has 0 fully saturated rings. The zero-order chi connectivity index (χ0) is 13.5. The van der Waals surface area contributed by atoms with Crippen LogP contribution in [-0.2, 0) is 6.54 Å². The smallest absolute Gasteiger partial charge is 0.123 e. The Balaban J connectivity index is 1.66. The van der Waals surface area contributed by atoms with Gasteiger partial charge in [-0.25, -0.2) is 4.39 Å². The second-order valence-corrected chi connectivity index (χ2v) is 5.02. The molecular weight excluding hydrogens is 309 g/mol. The van der Waals surface area contributed by atoms with Crippen LogP contribution in [0.3, 0.4) is 0 Å². The van der Waals surface area contributed by atoms with Crippen LogP contribution in [0.4, 0.5) is 4.39 Å². The Morgan fingerprint density at radius 3 is 2.63 bits per heavy atom. The minimum atomic E-state index is -0.203. The maximum atomic E-state index is 12.9. The molecule has 2 aromatic carbocycles. The molecule has 0 saturated carbocycles. The maximum absolute atomic E-state index is 12.9. The first-order valence-corrected chi connectivity index (χ1v) is 6.87. The highest BCUT2D eigenvalue weighted by Gasteiger charge is 1.96. The topological polar surface area (TPSA) is 21.3 Å². The molecule has 19 heavy (non-hydrogen) atoms. The van der Waals surface area contributed by atoms with Gasteiger partial charge < -0.3 is 10.1 Å². The normalized spacial score (nSPS) is 10.4. The van der Waals surface area contributed by atoms with Gasteiger partial charge in [0.05, 0.1) is 0 Å². The summed E-state index contributed by atoms with van der Waals surface area (Å²) in [6.45, 7) is 1.94. The number of ether oxygens (including phenoxy) is 1. The molecule has 0 bridgehead atoms. The Bertz CT molecular complexity index is 516. The summed E-state index contributed by atoms with van der Waals surface area (Å²) in [4.78, 5) is 0. The summed E-state index contributed by atoms with van der Waals surface area (Å²) in [5.41, 5.74) is 0.934. The third-order valence-corrected chi connectivity index (χ3v) is 3.11. The monoisotopic (exact) mass is 323 g/mol. The number of rotatable bonds is 6. The van der Waals surface area contributed by atoms with Crippen LogP contribution in [0.1, 0.15) is 5.56 Å². The van der Waals surface area contributed by atoms with Crippen molar-refractivity contribution in [2.45, 2.75) is 6.54 Å². The van der Waals surface area contributed by atoms with Gasteiger partial charge in [0.1, 0.15) is 18.2 Å². The molecule has 0 heterocycles. The van der Waals surface area contributed by atoms with Crippen molar-refractivity contribution in [1.29, 1.82) is 0 Å². The Morgan fingerprint density at radius 2 is 1.89 bits per heavy atom. The van der Waals surface area contributed by atoms with Gasteiger partial charge >= 0.3 is 0 Å². The molecule has 2 aromatic rings. The molecule has 0 aliphatic rings. The fourth-order valence-electron chi connectivity index (χ4n) is 1.65. The summed E-state index contributed by atoms with van der Waals surface area (Å²) < 4.78 is 19.5. The van der Waals surface area contributed by atoms with Gasteiger partial charge in [-0.1, -0.05) is 28.1 Å². The molecule has 100 valence electrons. The molecule has 0 spiro atoms. The van der Waals surface area contributed by atoms with Gasteiger partial charge in [0, 0.05) is 17.6 Å². The van der Waals surface area contributed by atoms with Gasteiger partial charge in [0.25, 0.3) is 0 Å². The minimum absolute atomic E-state index is 0.203. The van der Waals surface area contributed by atoms with Crippen molar-refractivity contribution >= 4 is 15.9 Å². The quantitative estimate of drug-likeness (QED) is 0.817. The van der Waals surface area contributed by atoms with E-state index >= 15 is 0 Å². The van der Waals surface area contributed by atoms with E-state index in [1.807, 2.05) is 30.3 Å². The molecule has 0 saturated heterocycles. The fourth-order valence-corrected chi connectivity index (χ4v) is 1.92. The van der Waals surface area contributed by atoms with E-state index in [1.54, 1.807) is 6.07 Å². The SMILES string of the molecule is Fc1cccc(CNCCOc2ccc(Br)cc2)c1. The molecule has 0 aliphatic carbocycles. The van der Waals surface area contributed by atoms with Crippen molar-refractivity contribution in [3.63, 3.8) is 0 Å². The molecule has 0 unspecified atom stereocenters. The standard InChI is InChI=1S/C15H15BrFNO/c16-13-4-6-15(7-5-13)19-9-8-18-11-12-2-1-3-14(17)10-12/h1-7,10,18H,8-9,11H2.